The standard InChI is InChI=1S/C28H29N5O3/c1-28(2,3)36-27(35)31-21-11-8-9-19(17-21)24-18-25(33-32-24)22-12-4-5-13-23(22)26(34)30-16-14-20-10-6-7-15-29-20/h4-13,15,17-18H,14,16H2,1-3H3,(H,30,34)(H,31,35)(H,32,33). The summed E-state index contributed by atoms with van der Waals surface area (Å²) < 4.78 is 5.32. The van der Waals surface area contributed by atoms with Crippen LogP contribution in [0.4, 0.5) is 10.5 Å². The Labute approximate surface area is 210 Å². The zero-order valence-corrected chi connectivity index (χ0v) is 20.5. The van der Waals surface area contributed by atoms with E-state index in [2.05, 4.69) is 25.8 Å². The normalized spacial score (nSPS) is 11.1. The summed E-state index contributed by atoms with van der Waals surface area (Å²) in [6.07, 6.45) is 1.87. The van der Waals surface area contributed by atoms with E-state index in [-0.39, 0.29) is 5.91 Å². The van der Waals surface area contributed by atoms with Crippen LogP contribution in [-0.4, -0.2) is 39.3 Å². The topological polar surface area (TPSA) is 109 Å². The second kappa shape index (κ2) is 10.9. The number of aromatic nitrogens is 3. The second-order valence-electron chi connectivity index (χ2n) is 9.25. The molecule has 3 N–H and O–H groups in total. The minimum absolute atomic E-state index is 0.166. The first-order valence-corrected chi connectivity index (χ1v) is 11.7. The molecule has 0 atom stereocenters. The van der Waals surface area contributed by atoms with E-state index >= 15 is 0 Å². The molecule has 0 fully saturated rings. The number of nitrogens with zero attached hydrogens (tertiary/aromatic N) is 2. The number of carbonyl (C=O) groups is 2. The molecule has 0 aliphatic rings. The fourth-order valence-electron chi connectivity index (χ4n) is 3.65. The van der Waals surface area contributed by atoms with E-state index < -0.39 is 11.7 Å². The van der Waals surface area contributed by atoms with Gasteiger partial charge in [0.2, 0.25) is 0 Å². The third kappa shape index (κ3) is 6.56. The van der Waals surface area contributed by atoms with Crippen molar-refractivity contribution < 1.29 is 14.3 Å². The number of carbonyl (C=O) groups excluding carboxylic acids is 2. The molecule has 2 amide bonds. The average Bonchev–Trinajstić information content (AvgIpc) is 3.34. The minimum atomic E-state index is -0.586. The lowest BCUT2D eigenvalue weighted by molar-refractivity contribution is 0.0635. The largest absolute Gasteiger partial charge is 0.444 e. The van der Waals surface area contributed by atoms with Crippen LogP contribution in [0.25, 0.3) is 22.5 Å². The monoisotopic (exact) mass is 483 g/mol. The van der Waals surface area contributed by atoms with Crippen LogP contribution in [0.3, 0.4) is 0 Å². The molecule has 0 aliphatic heterocycles. The number of H-pyrrole nitrogens is 1. The van der Waals surface area contributed by atoms with Gasteiger partial charge in [0.15, 0.2) is 0 Å². The van der Waals surface area contributed by atoms with Gasteiger partial charge < -0.3 is 10.1 Å². The molecule has 2 aromatic heterocycles. The summed E-state index contributed by atoms with van der Waals surface area (Å²) in [7, 11) is 0. The Hall–Kier alpha value is -4.46. The summed E-state index contributed by atoms with van der Waals surface area (Å²) >= 11 is 0. The van der Waals surface area contributed by atoms with Crippen molar-refractivity contribution >= 4 is 17.7 Å². The van der Waals surface area contributed by atoms with Gasteiger partial charge in [-0.05, 0) is 57.2 Å². The predicted octanol–water partition coefficient (Wildman–Crippen LogP) is 5.46. The highest BCUT2D eigenvalue weighted by Gasteiger charge is 2.17. The lowest BCUT2D eigenvalue weighted by Crippen LogP contribution is -2.27. The van der Waals surface area contributed by atoms with E-state index in [0.717, 1.165) is 16.8 Å². The van der Waals surface area contributed by atoms with Crippen molar-refractivity contribution in [1.82, 2.24) is 20.5 Å². The zero-order valence-electron chi connectivity index (χ0n) is 20.5. The van der Waals surface area contributed by atoms with E-state index in [4.69, 9.17) is 4.74 Å². The number of ether oxygens (including phenoxy) is 1. The number of hydrogen-bond donors (Lipinski definition) is 3. The summed E-state index contributed by atoms with van der Waals surface area (Å²) in [6, 6.07) is 22.3. The number of benzene rings is 2. The van der Waals surface area contributed by atoms with Crippen LogP contribution < -0.4 is 10.6 Å². The first kappa shape index (κ1) is 24.7. The smallest absolute Gasteiger partial charge is 0.412 e. The van der Waals surface area contributed by atoms with E-state index in [0.29, 0.717) is 35.6 Å². The zero-order chi connectivity index (χ0) is 25.5. The van der Waals surface area contributed by atoms with Gasteiger partial charge in [-0.2, -0.15) is 5.10 Å². The molecule has 4 rings (SSSR count). The predicted molar refractivity (Wildman–Crippen MR) is 140 cm³/mol. The van der Waals surface area contributed by atoms with E-state index in [1.807, 2.05) is 81.4 Å². The van der Waals surface area contributed by atoms with Crippen molar-refractivity contribution in [3.63, 3.8) is 0 Å². The Morgan fingerprint density at radius 1 is 0.972 bits per heavy atom. The molecule has 184 valence electrons. The Bertz CT molecular complexity index is 1340. The Morgan fingerprint density at radius 2 is 1.78 bits per heavy atom. The number of pyridine rings is 1. The highest BCUT2D eigenvalue weighted by Crippen LogP contribution is 2.28. The third-order valence-electron chi connectivity index (χ3n) is 5.24. The number of rotatable bonds is 7. The lowest BCUT2D eigenvalue weighted by atomic mass is 10.0. The van der Waals surface area contributed by atoms with Gasteiger partial charge in [-0.15, -0.1) is 0 Å². The maximum Gasteiger partial charge on any atom is 0.412 e. The molecule has 0 bridgehead atoms. The molecule has 0 unspecified atom stereocenters. The second-order valence-corrected chi connectivity index (χ2v) is 9.25. The van der Waals surface area contributed by atoms with Gasteiger partial charge in [0, 0.05) is 47.2 Å². The van der Waals surface area contributed by atoms with Crippen LogP contribution in [-0.2, 0) is 11.2 Å². The van der Waals surface area contributed by atoms with Gasteiger partial charge in [-0.25, -0.2) is 4.79 Å². The molecule has 0 aliphatic carbocycles. The molecule has 0 saturated heterocycles. The first-order chi connectivity index (χ1) is 17.3. The molecule has 8 nitrogen and oxygen atoms in total. The van der Waals surface area contributed by atoms with Crippen molar-refractivity contribution in [3.05, 3.63) is 90.3 Å². The summed E-state index contributed by atoms with van der Waals surface area (Å²) in [4.78, 5) is 29.3. The molecular weight excluding hydrogens is 454 g/mol. The molecular formula is C28H29N5O3. The quantitative estimate of drug-likeness (QED) is 0.323. The fraction of sp³-hybridized carbons (Fsp3) is 0.214. The summed E-state index contributed by atoms with van der Waals surface area (Å²) in [5.41, 5.74) is 4.43. The van der Waals surface area contributed by atoms with Crippen LogP contribution in [0.2, 0.25) is 0 Å². The Kier molecular flexibility index (Phi) is 7.44. The summed E-state index contributed by atoms with van der Waals surface area (Å²) in [5.74, 6) is -0.166. The molecule has 0 radical (unpaired) electrons. The number of aromatic amines is 1. The molecule has 2 aromatic carbocycles. The number of amides is 2. The van der Waals surface area contributed by atoms with Gasteiger partial charge >= 0.3 is 6.09 Å². The van der Waals surface area contributed by atoms with Crippen molar-refractivity contribution in [2.24, 2.45) is 0 Å². The summed E-state index contributed by atoms with van der Waals surface area (Å²) in [6.45, 7) is 5.92. The van der Waals surface area contributed by atoms with Crippen LogP contribution in [0, 0.1) is 0 Å². The van der Waals surface area contributed by atoms with Gasteiger partial charge in [0.05, 0.1) is 11.4 Å². The molecule has 8 heteroatoms. The van der Waals surface area contributed by atoms with Crippen molar-refractivity contribution in [1.29, 1.82) is 0 Å². The van der Waals surface area contributed by atoms with Crippen LogP contribution in [0.15, 0.2) is 79.0 Å². The minimum Gasteiger partial charge on any atom is -0.444 e. The molecule has 0 spiro atoms. The third-order valence-corrected chi connectivity index (χ3v) is 5.24. The van der Waals surface area contributed by atoms with Crippen molar-refractivity contribution in [2.45, 2.75) is 32.8 Å². The van der Waals surface area contributed by atoms with Crippen molar-refractivity contribution in [2.75, 3.05) is 11.9 Å². The van der Waals surface area contributed by atoms with Gasteiger partial charge in [-0.1, -0.05) is 36.4 Å². The SMILES string of the molecule is CC(C)(C)OC(=O)Nc1cccc(-c2cc(-c3ccccc3C(=O)NCCc3ccccn3)[nH]n2)c1. The highest BCUT2D eigenvalue weighted by molar-refractivity contribution is 6.00. The van der Waals surface area contributed by atoms with Crippen LogP contribution in [0.5, 0.6) is 0 Å². The van der Waals surface area contributed by atoms with Crippen LogP contribution in [0.1, 0.15) is 36.8 Å². The molecule has 0 saturated carbocycles. The van der Waals surface area contributed by atoms with E-state index in [1.165, 1.54) is 0 Å². The molecule has 36 heavy (non-hydrogen) atoms. The van der Waals surface area contributed by atoms with Gasteiger partial charge in [0.25, 0.3) is 5.91 Å². The summed E-state index contributed by atoms with van der Waals surface area (Å²) in [5, 5.41) is 13.2. The van der Waals surface area contributed by atoms with Gasteiger partial charge in [-0.3, -0.25) is 20.2 Å². The van der Waals surface area contributed by atoms with Gasteiger partial charge in [0.1, 0.15) is 5.60 Å². The first-order valence-electron chi connectivity index (χ1n) is 11.7. The fourth-order valence-corrected chi connectivity index (χ4v) is 3.65. The lowest BCUT2D eigenvalue weighted by Gasteiger charge is -2.19. The maximum atomic E-state index is 12.9. The van der Waals surface area contributed by atoms with Crippen molar-refractivity contribution in [3.8, 4) is 22.5 Å². The molecule has 4 aromatic rings. The Morgan fingerprint density at radius 3 is 2.56 bits per heavy atom. The van der Waals surface area contributed by atoms with E-state index in [1.54, 1.807) is 18.3 Å². The molecule has 2 heterocycles. The Balaban J connectivity index is 1.47. The number of hydrogen-bond acceptors (Lipinski definition) is 5. The number of anilines is 1. The number of nitrogens with one attached hydrogen (secondary N) is 3. The average molecular weight is 484 g/mol. The van der Waals surface area contributed by atoms with E-state index in [9.17, 15) is 9.59 Å². The maximum absolute atomic E-state index is 12.9. The van der Waals surface area contributed by atoms with Crippen LogP contribution >= 0.6 is 0 Å². The highest BCUT2D eigenvalue weighted by atomic mass is 16.6.